The molecule has 1 N–H and O–H groups in total. The number of rotatable bonds is 5. The van der Waals surface area contributed by atoms with E-state index in [2.05, 4.69) is 10.0 Å². The number of carbonyl (C=O) groups excluding carboxylic acids is 1. The summed E-state index contributed by atoms with van der Waals surface area (Å²) < 4.78 is 4.78. The van der Waals surface area contributed by atoms with Crippen molar-refractivity contribution >= 4 is 5.97 Å². The van der Waals surface area contributed by atoms with Gasteiger partial charge in [0.1, 0.15) is 0 Å². The van der Waals surface area contributed by atoms with Gasteiger partial charge in [0, 0.05) is 4.91 Å². The summed E-state index contributed by atoms with van der Waals surface area (Å²) in [7, 11) is 0. The number of carbonyl (C=O) groups is 1. The van der Waals surface area contributed by atoms with Gasteiger partial charge in [-0.05, 0) is 49.9 Å². The first-order chi connectivity index (χ1) is 9.42. The van der Waals surface area contributed by atoms with Gasteiger partial charge in [-0.25, -0.2) is 4.79 Å². The number of hydrogen-bond acceptors (Lipinski definition) is 4. The molecule has 0 unspecified atom stereocenters. The third-order valence-electron chi connectivity index (χ3n) is 3.04. The van der Waals surface area contributed by atoms with Crippen molar-refractivity contribution in [2.75, 3.05) is 6.61 Å². The lowest BCUT2D eigenvalue weighted by Crippen LogP contribution is -2.29. The largest absolute Gasteiger partial charge is 0.464 e. The summed E-state index contributed by atoms with van der Waals surface area (Å²) in [5.41, 5.74) is 12.1. The maximum atomic E-state index is 11.7. The van der Waals surface area contributed by atoms with Crippen LogP contribution in [-0.2, 0) is 9.53 Å². The normalized spacial score (nSPS) is 13.2. The van der Waals surface area contributed by atoms with Crippen molar-refractivity contribution in [2.45, 2.75) is 39.8 Å². The van der Waals surface area contributed by atoms with Gasteiger partial charge < -0.3 is 9.84 Å². The predicted molar refractivity (Wildman–Crippen MR) is 75.2 cm³/mol. The summed E-state index contributed by atoms with van der Waals surface area (Å²) in [6.45, 7) is 7.47. The highest BCUT2D eigenvalue weighted by Crippen LogP contribution is 2.29. The lowest BCUT2D eigenvalue weighted by atomic mass is 9.91. The van der Waals surface area contributed by atoms with Gasteiger partial charge in [0.15, 0.2) is 6.10 Å². The van der Waals surface area contributed by atoms with Crippen LogP contribution in [0.3, 0.4) is 0 Å². The molecule has 0 amide bonds. The van der Waals surface area contributed by atoms with Gasteiger partial charge in [-0.3, -0.25) is 0 Å². The van der Waals surface area contributed by atoms with Gasteiger partial charge in [-0.1, -0.05) is 22.8 Å². The number of hydrogen-bond donors (Lipinski definition) is 1. The molecule has 6 nitrogen and oxygen atoms in total. The van der Waals surface area contributed by atoms with E-state index in [0.29, 0.717) is 5.56 Å². The Morgan fingerprint density at radius 2 is 1.95 bits per heavy atom. The van der Waals surface area contributed by atoms with E-state index in [9.17, 15) is 9.90 Å². The maximum Gasteiger partial charge on any atom is 0.335 e. The lowest BCUT2D eigenvalue weighted by molar-refractivity contribution is -0.154. The van der Waals surface area contributed by atoms with E-state index in [1.54, 1.807) is 6.92 Å². The summed E-state index contributed by atoms with van der Waals surface area (Å²) in [5, 5.41) is 13.7. The summed E-state index contributed by atoms with van der Waals surface area (Å²) in [6.07, 6.45) is -1.51. The van der Waals surface area contributed by atoms with Gasteiger partial charge in [-0.15, -0.1) is 0 Å². The number of aliphatic hydroxyl groups excluding tert-OH is 1. The van der Waals surface area contributed by atoms with Crippen LogP contribution < -0.4 is 0 Å². The average molecular weight is 277 g/mol. The molecule has 0 radical (unpaired) electrons. The molecular weight excluding hydrogens is 258 g/mol. The molecule has 1 rings (SSSR count). The fourth-order valence-corrected chi connectivity index (χ4v) is 2.35. The molecular formula is C14H19N3O3. The third-order valence-corrected chi connectivity index (χ3v) is 3.04. The van der Waals surface area contributed by atoms with E-state index in [-0.39, 0.29) is 6.61 Å². The van der Waals surface area contributed by atoms with E-state index >= 15 is 0 Å². The van der Waals surface area contributed by atoms with Crippen LogP contribution in [0, 0.1) is 20.8 Å². The molecule has 0 saturated carbocycles. The van der Waals surface area contributed by atoms with Crippen LogP contribution in [0.15, 0.2) is 17.2 Å². The summed E-state index contributed by atoms with van der Waals surface area (Å²) >= 11 is 0. The molecule has 20 heavy (non-hydrogen) atoms. The monoisotopic (exact) mass is 277 g/mol. The average Bonchev–Trinajstić information content (AvgIpc) is 2.36. The number of nitrogens with zero attached hydrogens (tertiary/aromatic N) is 3. The Kier molecular flexibility index (Phi) is 5.55. The number of aliphatic hydroxyl groups is 1. The molecule has 0 aliphatic carbocycles. The summed E-state index contributed by atoms with van der Waals surface area (Å²) in [6, 6.07) is 2.85. The number of benzene rings is 1. The Hall–Kier alpha value is -2.04. The van der Waals surface area contributed by atoms with Crippen LogP contribution in [0.4, 0.5) is 0 Å². The van der Waals surface area contributed by atoms with E-state index < -0.39 is 18.1 Å². The minimum Gasteiger partial charge on any atom is -0.464 e. The van der Waals surface area contributed by atoms with E-state index in [4.69, 9.17) is 10.3 Å². The highest BCUT2D eigenvalue weighted by atomic mass is 16.5. The van der Waals surface area contributed by atoms with Crippen molar-refractivity contribution in [2.24, 2.45) is 5.11 Å². The molecule has 0 spiro atoms. The van der Waals surface area contributed by atoms with Gasteiger partial charge >= 0.3 is 5.97 Å². The number of esters is 1. The Bertz CT molecular complexity index is 528. The lowest BCUT2D eigenvalue weighted by Gasteiger charge is -2.21. The molecule has 108 valence electrons. The van der Waals surface area contributed by atoms with Crippen molar-refractivity contribution in [3.8, 4) is 0 Å². The summed E-state index contributed by atoms with van der Waals surface area (Å²) in [4.78, 5) is 14.4. The van der Waals surface area contributed by atoms with Gasteiger partial charge in [0.25, 0.3) is 0 Å². The third kappa shape index (κ3) is 3.50. The fourth-order valence-electron chi connectivity index (χ4n) is 2.35. The standard InChI is InChI=1S/C14H19N3O3/c1-5-20-14(19)13(18)12(16-17-15)11-9(3)6-8(2)7-10(11)4/h6-7,12-13,18H,5H2,1-4H3/t12-,13-/m0/s1. The van der Waals surface area contributed by atoms with Crippen LogP contribution in [-0.4, -0.2) is 23.8 Å². The van der Waals surface area contributed by atoms with Gasteiger partial charge in [-0.2, -0.15) is 0 Å². The Morgan fingerprint density at radius 1 is 1.40 bits per heavy atom. The molecule has 1 aromatic carbocycles. The zero-order valence-corrected chi connectivity index (χ0v) is 12.1. The SMILES string of the molecule is CCOC(=O)[C@@H](O)[C@@H](N=[N+]=[N-])c1c(C)cc(C)cc1C. The van der Waals surface area contributed by atoms with Gasteiger partial charge in [0.2, 0.25) is 0 Å². The van der Waals surface area contributed by atoms with Crippen LogP contribution in [0.1, 0.15) is 35.2 Å². The molecule has 0 aromatic heterocycles. The highest BCUT2D eigenvalue weighted by molar-refractivity contribution is 5.76. The minimum absolute atomic E-state index is 0.157. The van der Waals surface area contributed by atoms with Crippen LogP contribution in [0.2, 0.25) is 0 Å². The first kappa shape index (κ1) is 16.0. The second kappa shape index (κ2) is 6.93. The first-order valence-corrected chi connectivity index (χ1v) is 6.39. The van der Waals surface area contributed by atoms with E-state index in [1.807, 2.05) is 32.9 Å². The second-order valence-electron chi connectivity index (χ2n) is 4.66. The quantitative estimate of drug-likeness (QED) is 0.388. The smallest absolute Gasteiger partial charge is 0.335 e. The number of ether oxygens (including phenoxy) is 1. The first-order valence-electron chi connectivity index (χ1n) is 6.39. The molecule has 0 bridgehead atoms. The molecule has 0 heterocycles. The second-order valence-corrected chi connectivity index (χ2v) is 4.66. The summed E-state index contributed by atoms with van der Waals surface area (Å²) in [5.74, 6) is -0.788. The Morgan fingerprint density at radius 3 is 2.40 bits per heavy atom. The molecule has 0 fully saturated rings. The molecule has 6 heteroatoms. The molecule has 0 aliphatic rings. The Labute approximate surface area is 118 Å². The van der Waals surface area contributed by atoms with Crippen LogP contribution in [0.25, 0.3) is 10.4 Å². The van der Waals surface area contributed by atoms with Crippen LogP contribution >= 0.6 is 0 Å². The Balaban J connectivity index is 3.28. The topological polar surface area (TPSA) is 95.3 Å². The number of aryl methyl sites for hydroxylation is 3. The van der Waals surface area contributed by atoms with E-state index in [0.717, 1.165) is 16.7 Å². The molecule has 0 aliphatic heterocycles. The molecule has 0 saturated heterocycles. The number of azide groups is 1. The van der Waals surface area contributed by atoms with Gasteiger partial charge in [0.05, 0.1) is 12.6 Å². The van der Waals surface area contributed by atoms with Crippen molar-refractivity contribution in [1.82, 2.24) is 0 Å². The molecule has 1 aromatic rings. The van der Waals surface area contributed by atoms with Crippen LogP contribution in [0.5, 0.6) is 0 Å². The zero-order valence-electron chi connectivity index (χ0n) is 12.1. The van der Waals surface area contributed by atoms with Crippen molar-refractivity contribution in [1.29, 1.82) is 0 Å². The van der Waals surface area contributed by atoms with E-state index in [1.165, 1.54) is 0 Å². The minimum atomic E-state index is -1.51. The predicted octanol–water partition coefficient (Wildman–Crippen LogP) is 2.89. The molecule has 2 atom stereocenters. The van der Waals surface area contributed by atoms with Crippen molar-refractivity contribution in [3.63, 3.8) is 0 Å². The van der Waals surface area contributed by atoms with Crippen molar-refractivity contribution < 1.29 is 14.6 Å². The van der Waals surface area contributed by atoms with Crippen molar-refractivity contribution in [3.05, 3.63) is 44.8 Å². The highest BCUT2D eigenvalue weighted by Gasteiger charge is 2.30. The maximum absolute atomic E-state index is 11.7. The zero-order chi connectivity index (χ0) is 15.3. The fraction of sp³-hybridized carbons (Fsp3) is 0.500.